The van der Waals surface area contributed by atoms with Crippen LogP contribution in [-0.4, -0.2) is 24.3 Å². The Morgan fingerprint density at radius 3 is 2.47 bits per heavy atom. The number of hydroxylamine groups is 1. The summed E-state index contributed by atoms with van der Waals surface area (Å²) in [6, 6.07) is 0. The standard InChI is InChI=1S/C10H22NO5P/c1-2-3-4-5-6-7-8-15-17(14)16-9-10(12)11-13/h13,17H,2-9H2,1H3,(H,11,12). The van der Waals surface area contributed by atoms with E-state index >= 15 is 0 Å². The molecular weight excluding hydrogens is 245 g/mol. The van der Waals surface area contributed by atoms with E-state index in [2.05, 4.69) is 11.4 Å². The molecule has 0 aromatic rings. The highest BCUT2D eigenvalue weighted by Gasteiger charge is 2.04. The van der Waals surface area contributed by atoms with Crippen molar-refractivity contribution in [3.8, 4) is 0 Å². The molecule has 0 rings (SSSR count). The molecule has 0 radical (unpaired) electrons. The van der Waals surface area contributed by atoms with Gasteiger partial charge < -0.3 is 9.05 Å². The first-order chi connectivity index (χ1) is 8.20. The number of amides is 1. The van der Waals surface area contributed by atoms with E-state index in [1.165, 1.54) is 24.7 Å². The molecule has 0 spiro atoms. The number of hydrogen-bond acceptors (Lipinski definition) is 5. The highest BCUT2D eigenvalue weighted by molar-refractivity contribution is 7.33. The van der Waals surface area contributed by atoms with Crippen molar-refractivity contribution in [2.75, 3.05) is 13.2 Å². The maximum atomic E-state index is 11.1. The van der Waals surface area contributed by atoms with Gasteiger partial charge in [0.15, 0.2) is 0 Å². The molecule has 17 heavy (non-hydrogen) atoms. The summed E-state index contributed by atoms with van der Waals surface area (Å²) in [6.07, 6.45) is 6.73. The first-order valence-electron chi connectivity index (χ1n) is 5.93. The van der Waals surface area contributed by atoms with Crippen LogP contribution in [0.5, 0.6) is 0 Å². The van der Waals surface area contributed by atoms with Gasteiger partial charge in [-0.3, -0.25) is 14.6 Å². The molecule has 0 bridgehead atoms. The van der Waals surface area contributed by atoms with Crippen LogP contribution in [0.15, 0.2) is 0 Å². The van der Waals surface area contributed by atoms with Crippen LogP contribution in [0.1, 0.15) is 45.4 Å². The summed E-state index contributed by atoms with van der Waals surface area (Å²) in [4.78, 5) is 10.5. The van der Waals surface area contributed by atoms with Crippen LogP contribution < -0.4 is 5.48 Å². The number of rotatable bonds is 11. The van der Waals surface area contributed by atoms with Crippen molar-refractivity contribution in [1.82, 2.24) is 5.48 Å². The zero-order valence-corrected chi connectivity index (χ0v) is 11.2. The van der Waals surface area contributed by atoms with E-state index in [0.29, 0.717) is 6.61 Å². The number of hydrogen-bond donors (Lipinski definition) is 2. The summed E-state index contributed by atoms with van der Waals surface area (Å²) in [5.74, 6) is -0.744. The molecule has 0 heterocycles. The minimum absolute atomic E-state index is 0.380. The maximum absolute atomic E-state index is 11.1. The highest BCUT2D eigenvalue weighted by atomic mass is 31.1. The molecule has 2 N–H and O–H groups in total. The molecule has 0 fully saturated rings. The van der Waals surface area contributed by atoms with Crippen LogP contribution in [-0.2, 0) is 18.4 Å². The van der Waals surface area contributed by atoms with Crippen molar-refractivity contribution >= 4 is 14.2 Å². The van der Waals surface area contributed by atoms with Gasteiger partial charge in [-0.2, -0.15) is 0 Å². The van der Waals surface area contributed by atoms with Crippen molar-refractivity contribution in [3.05, 3.63) is 0 Å². The minimum atomic E-state index is -2.61. The largest absolute Gasteiger partial charge is 0.319 e. The van der Waals surface area contributed by atoms with Gasteiger partial charge in [-0.1, -0.05) is 39.0 Å². The Labute approximate surface area is 103 Å². The molecule has 1 atom stereocenters. The Morgan fingerprint density at radius 2 is 1.82 bits per heavy atom. The fourth-order valence-corrected chi connectivity index (χ4v) is 1.88. The summed E-state index contributed by atoms with van der Waals surface area (Å²) in [7, 11) is -2.61. The SMILES string of the molecule is CCCCCCCCO[PH](=O)OCC(=O)NO. The Morgan fingerprint density at radius 1 is 1.18 bits per heavy atom. The van der Waals surface area contributed by atoms with Gasteiger partial charge in [0.2, 0.25) is 0 Å². The third kappa shape index (κ3) is 11.8. The number of unbranched alkanes of at least 4 members (excludes halogenated alkanes) is 5. The van der Waals surface area contributed by atoms with Gasteiger partial charge in [-0.05, 0) is 6.42 Å². The normalized spacial score (nSPS) is 12.4. The molecule has 0 aromatic heterocycles. The van der Waals surface area contributed by atoms with E-state index in [9.17, 15) is 9.36 Å². The minimum Gasteiger partial charge on any atom is -0.311 e. The van der Waals surface area contributed by atoms with E-state index in [4.69, 9.17) is 9.73 Å². The average molecular weight is 267 g/mol. The first-order valence-corrected chi connectivity index (χ1v) is 7.15. The van der Waals surface area contributed by atoms with Gasteiger partial charge in [0.05, 0.1) is 6.61 Å². The maximum Gasteiger partial charge on any atom is 0.319 e. The molecule has 0 saturated carbocycles. The smallest absolute Gasteiger partial charge is 0.311 e. The molecule has 1 unspecified atom stereocenters. The second kappa shape index (κ2) is 12.0. The molecule has 0 aliphatic heterocycles. The first kappa shape index (κ1) is 16.6. The summed E-state index contributed by atoms with van der Waals surface area (Å²) >= 11 is 0. The second-order valence-corrected chi connectivity index (χ2v) is 4.77. The van der Waals surface area contributed by atoms with Crippen LogP contribution in [0.25, 0.3) is 0 Å². The fraction of sp³-hybridized carbons (Fsp3) is 0.900. The van der Waals surface area contributed by atoms with Crippen molar-refractivity contribution in [2.45, 2.75) is 45.4 Å². The van der Waals surface area contributed by atoms with Gasteiger partial charge in [-0.15, -0.1) is 0 Å². The molecule has 102 valence electrons. The van der Waals surface area contributed by atoms with Crippen LogP contribution in [0.3, 0.4) is 0 Å². The zero-order valence-electron chi connectivity index (χ0n) is 10.2. The van der Waals surface area contributed by atoms with Crippen LogP contribution >= 0.6 is 8.25 Å². The molecule has 0 aliphatic carbocycles. The van der Waals surface area contributed by atoms with Crippen LogP contribution in [0.2, 0.25) is 0 Å². The van der Waals surface area contributed by atoms with Crippen molar-refractivity contribution < 1.29 is 23.6 Å². The average Bonchev–Trinajstić information content (AvgIpc) is 2.34. The quantitative estimate of drug-likeness (QED) is 0.259. The Bertz CT molecular complexity index is 225. The van der Waals surface area contributed by atoms with Gasteiger partial charge >= 0.3 is 8.25 Å². The predicted molar refractivity (Wildman–Crippen MR) is 64.2 cm³/mol. The monoisotopic (exact) mass is 267 g/mol. The number of carbonyl (C=O) groups excluding carboxylic acids is 1. The van der Waals surface area contributed by atoms with Gasteiger partial charge in [-0.25, -0.2) is 5.48 Å². The lowest BCUT2D eigenvalue weighted by Crippen LogP contribution is -2.22. The number of carbonyl (C=O) groups is 1. The predicted octanol–water partition coefficient (Wildman–Crippen LogP) is 2.28. The molecule has 0 saturated heterocycles. The van der Waals surface area contributed by atoms with Gasteiger partial charge in [0, 0.05) is 0 Å². The second-order valence-electron chi connectivity index (χ2n) is 3.69. The Hall–Kier alpha value is -0.420. The summed E-state index contributed by atoms with van der Waals surface area (Å²) < 4.78 is 20.6. The molecular formula is C10H22NO5P. The third-order valence-electron chi connectivity index (χ3n) is 2.16. The Kier molecular flexibility index (Phi) is 11.8. The summed E-state index contributed by atoms with van der Waals surface area (Å²) in [6.45, 7) is 2.09. The van der Waals surface area contributed by atoms with E-state index in [1.54, 1.807) is 0 Å². The van der Waals surface area contributed by atoms with Crippen molar-refractivity contribution in [1.29, 1.82) is 0 Å². The summed E-state index contributed by atoms with van der Waals surface area (Å²) in [5, 5.41) is 8.15. The molecule has 0 aromatic carbocycles. The van der Waals surface area contributed by atoms with Crippen LogP contribution in [0, 0.1) is 0 Å². The lowest BCUT2D eigenvalue weighted by Gasteiger charge is -2.04. The van der Waals surface area contributed by atoms with Gasteiger partial charge in [0.1, 0.15) is 6.61 Å². The van der Waals surface area contributed by atoms with E-state index < -0.39 is 20.8 Å². The highest BCUT2D eigenvalue weighted by Crippen LogP contribution is 2.23. The van der Waals surface area contributed by atoms with E-state index in [-0.39, 0.29) is 0 Å². The topological polar surface area (TPSA) is 84.9 Å². The van der Waals surface area contributed by atoms with E-state index in [1.807, 2.05) is 0 Å². The Balaban J connectivity index is 3.25. The van der Waals surface area contributed by atoms with Gasteiger partial charge in [0.25, 0.3) is 5.91 Å². The number of nitrogens with one attached hydrogen (secondary N) is 1. The molecule has 7 heteroatoms. The lowest BCUT2D eigenvalue weighted by molar-refractivity contribution is -0.131. The fourth-order valence-electron chi connectivity index (χ4n) is 1.24. The summed E-state index contributed by atoms with van der Waals surface area (Å²) in [5.41, 5.74) is 1.37. The molecule has 0 aliphatic rings. The van der Waals surface area contributed by atoms with Crippen molar-refractivity contribution in [3.63, 3.8) is 0 Å². The zero-order chi connectivity index (χ0) is 12.9. The molecule has 6 nitrogen and oxygen atoms in total. The van der Waals surface area contributed by atoms with E-state index in [0.717, 1.165) is 19.3 Å². The molecule has 1 amide bonds. The third-order valence-corrected chi connectivity index (χ3v) is 2.98. The van der Waals surface area contributed by atoms with Crippen molar-refractivity contribution in [2.24, 2.45) is 0 Å². The van der Waals surface area contributed by atoms with Crippen LogP contribution in [0.4, 0.5) is 0 Å². The lowest BCUT2D eigenvalue weighted by atomic mass is 10.1.